The molecule has 0 bridgehead atoms. The van der Waals surface area contributed by atoms with Crippen LogP contribution in [-0.2, 0) is 11.2 Å². The van der Waals surface area contributed by atoms with Gasteiger partial charge in [0.05, 0.1) is 0 Å². The molecule has 0 radical (unpaired) electrons. The summed E-state index contributed by atoms with van der Waals surface area (Å²) < 4.78 is 0. The molecule has 0 atom stereocenters. The van der Waals surface area contributed by atoms with E-state index in [-0.39, 0.29) is 11.3 Å². The number of rotatable bonds is 4. The van der Waals surface area contributed by atoms with Crippen molar-refractivity contribution in [3.8, 4) is 0 Å². The fraction of sp³-hybridized carbons (Fsp3) is 0.562. The third kappa shape index (κ3) is 3.34. The lowest BCUT2D eigenvalue weighted by Gasteiger charge is -2.26. The van der Waals surface area contributed by atoms with Crippen LogP contribution in [0, 0.1) is 5.41 Å². The molecule has 1 amide bonds. The van der Waals surface area contributed by atoms with Gasteiger partial charge in [0.15, 0.2) is 0 Å². The molecule has 1 aliphatic rings. The smallest absolute Gasteiger partial charge is 0.226 e. The molecule has 1 aromatic rings. The van der Waals surface area contributed by atoms with Gasteiger partial charge in [0.25, 0.3) is 0 Å². The lowest BCUT2D eigenvalue weighted by Crippen LogP contribution is -2.42. The lowest BCUT2D eigenvalue weighted by molar-refractivity contribution is -0.130. The Kier molecular flexibility index (Phi) is 4.05. The van der Waals surface area contributed by atoms with Crippen LogP contribution in [0.25, 0.3) is 0 Å². The number of carbonyl (C=O) groups excluding carboxylic acids is 1. The van der Waals surface area contributed by atoms with Gasteiger partial charge in [-0.3, -0.25) is 4.79 Å². The van der Waals surface area contributed by atoms with Crippen LogP contribution in [0.2, 0.25) is 0 Å². The van der Waals surface area contributed by atoms with E-state index in [1.807, 2.05) is 32.0 Å². The number of amides is 1. The Bertz CT molecular complexity index is 391. The molecule has 1 N–H and O–H groups in total. The zero-order valence-electron chi connectivity index (χ0n) is 11.4. The van der Waals surface area contributed by atoms with Crippen molar-refractivity contribution in [2.24, 2.45) is 5.41 Å². The Morgan fingerprint density at radius 3 is 2.44 bits per heavy atom. The second kappa shape index (κ2) is 5.55. The highest BCUT2D eigenvalue weighted by molar-refractivity contribution is 5.82. The molecule has 0 saturated heterocycles. The summed E-state index contributed by atoms with van der Waals surface area (Å²) in [5.74, 6) is 0.193. The molecule has 18 heavy (non-hydrogen) atoms. The van der Waals surface area contributed by atoms with Gasteiger partial charge in [0.2, 0.25) is 5.91 Å². The van der Waals surface area contributed by atoms with Gasteiger partial charge in [-0.1, -0.05) is 57.0 Å². The van der Waals surface area contributed by atoms with Gasteiger partial charge in [-0.25, -0.2) is 0 Å². The number of hydrogen-bond acceptors (Lipinski definition) is 1. The summed E-state index contributed by atoms with van der Waals surface area (Å²) in [6, 6.07) is 10.7. The molecular formula is C16H23NO. The second-order valence-corrected chi connectivity index (χ2v) is 6.00. The molecule has 1 aromatic carbocycles. The molecule has 1 aliphatic carbocycles. The fourth-order valence-corrected chi connectivity index (χ4v) is 2.64. The van der Waals surface area contributed by atoms with Gasteiger partial charge in [-0.15, -0.1) is 0 Å². The minimum atomic E-state index is -0.329. The monoisotopic (exact) mass is 245 g/mol. The topological polar surface area (TPSA) is 29.1 Å². The number of carbonyl (C=O) groups is 1. The molecule has 98 valence electrons. The van der Waals surface area contributed by atoms with Gasteiger partial charge in [0, 0.05) is 11.5 Å². The quantitative estimate of drug-likeness (QED) is 0.866. The standard InChI is InChI=1S/C16H23NO/c1-16(2,12-13-8-4-3-5-9-13)15(18)17-14-10-6-7-11-14/h3-5,8-9,14H,6-7,10-12H2,1-2H3,(H,17,18). The Labute approximate surface area is 110 Å². The Balaban J connectivity index is 1.94. The zero-order chi connectivity index (χ0) is 13.0. The van der Waals surface area contributed by atoms with Crippen LogP contribution < -0.4 is 5.32 Å². The Morgan fingerprint density at radius 1 is 1.22 bits per heavy atom. The van der Waals surface area contributed by atoms with Crippen LogP contribution in [0.3, 0.4) is 0 Å². The number of hydrogen-bond donors (Lipinski definition) is 1. The van der Waals surface area contributed by atoms with Crippen LogP contribution in [-0.4, -0.2) is 11.9 Å². The van der Waals surface area contributed by atoms with E-state index in [0.29, 0.717) is 6.04 Å². The SMILES string of the molecule is CC(C)(Cc1ccccc1)C(=O)NC1CCCC1. The van der Waals surface area contributed by atoms with E-state index in [2.05, 4.69) is 17.4 Å². The highest BCUT2D eigenvalue weighted by atomic mass is 16.2. The highest BCUT2D eigenvalue weighted by Crippen LogP contribution is 2.24. The van der Waals surface area contributed by atoms with E-state index in [1.165, 1.54) is 18.4 Å². The van der Waals surface area contributed by atoms with Crippen molar-refractivity contribution in [2.45, 2.75) is 52.0 Å². The third-order valence-electron chi connectivity index (χ3n) is 3.79. The van der Waals surface area contributed by atoms with E-state index < -0.39 is 0 Å². The van der Waals surface area contributed by atoms with Gasteiger partial charge in [0.1, 0.15) is 0 Å². The van der Waals surface area contributed by atoms with Crippen LogP contribution in [0.1, 0.15) is 45.1 Å². The van der Waals surface area contributed by atoms with Crippen LogP contribution in [0.5, 0.6) is 0 Å². The summed E-state index contributed by atoms with van der Waals surface area (Å²) in [6.07, 6.45) is 5.60. The van der Waals surface area contributed by atoms with Crippen LogP contribution in [0.15, 0.2) is 30.3 Å². The van der Waals surface area contributed by atoms with E-state index in [9.17, 15) is 4.79 Å². The lowest BCUT2D eigenvalue weighted by atomic mass is 9.84. The first kappa shape index (κ1) is 13.1. The van der Waals surface area contributed by atoms with Gasteiger partial charge < -0.3 is 5.32 Å². The van der Waals surface area contributed by atoms with E-state index in [4.69, 9.17) is 0 Å². The maximum Gasteiger partial charge on any atom is 0.226 e. The number of benzene rings is 1. The molecule has 0 unspecified atom stereocenters. The molecule has 0 heterocycles. The average molecular weight is 245 g/mol. The maximum absolute atomic E-state index is 12.3. The Morgan fingerprint density at radius 2 is 1.83 bits per heavy atom. The normalized spacial score (nSPS) is 16.8. The molecule has 2 nitrogen and oxygen atoms in total. The van der Waals surface area contributed by atoms with Crippen molar-refractivity contribution < 1.29 is 4.79 Å². The maximum atomic E-state index is 12.3. The summed E-state index contributed by atoms with van der Waals surface area (Å²) in [7, 11) is 0. The fourth-order valence-electron chi connectivity index (χ4n) is 2.64. The second-order valence-electron chi connectivity index (χ2n) is 6.00. The predicted molar refractivity (Wildman–Crippen MR) is 74.3 cm³/mol. The molecule has 0 aliphatic heterocycles. The molecule has 2 heteroatoms. The van der Waals surface area contributed by atoms with Gasteiger partial charge in [-0.05, 0) is 24.8 Å². The van der Waals surface area contributed by atoms with E-state index in [0.717, 1.165) is 19.3 Å². The first-order chi connectivity index (χ1) is 8.58. The molecule has 1 saturated carbocycles. The molecule has 0 aromatic heterocycles. The van der Waals surface area contributed by atoms with Crippen molar-refractivity contribution in [3.05, 3.63) is 35.9 Å². The van der Waals surface area contributed by atoms with E-state index >= 15 is 0 Å². The third-order valence-corrected chi connectivity index (χ3v) is 3.79. The van der Waals surface area contributed by atoms with E-state index in [1.54, 1.807) is 0 Å². The first-order valence-electron chi connectivity index (χ1n) is 6.93. The van der Waals surface area contributed by atoms with Gasteiger partial charge >= 0.3 is 0 Å². The van der Waals surface area contributed by atoms with Crippen molar-refractivity contribution in [1.82, 2.24) is 5.32 Å². The summed E-state index contributed by atoms with van der Waals surface area (Å²) in [4.78, 5) is 12.3. The van der Waals surface area contributed by atoms with Gasteiger partial charge in [-0.2, -0.15) is 0 Å². The highest BCUT2D eigenvalue weighted by Gasteiger charge is 2.30. The Hall–Kier alpha value is -1.31. The summed E-state index contributed by atoms with van der Waals surface area (Å²) >= 11 is 0. The molecular weight excluding hydrogens is 222 g/mol. The summed E-state index contributed by atoms with van der Waals surface area (Å²) in [5, 5.41) is 3.20. The largest absolute Gasteiger partial charge is 0.353 e. The number of nitrogens with one attached hydrogen (secondary N) is 1. The minimum absolute atomic E-state index is 0.193. The predicted octanol–water partition coefficient (Wildman–Crippen LogP) is 3.31. The summed E-state index contributed by atoms with van der Waals surface area (Å²) in [6.45, 7) is 4.06. The molecule has 1 fully saturated rings. The van der Waals surface area contributed by atoms with Crippen molar-refractivity contribution in [3.63, 3.8) is 0 Å². The molecule has 0 spiro atoms. The average Bonchev–Trinajstić information content (AvgIpc) is 2.82. The summed E-state index contributed by atoms with van der Waals surface area (Å²) in [5.41, 5.74) is 0.897. The minimum Gasteiger partial charge on any atom is -0.353 e. The molecule has 2 rings (SSSR count). The first-order valence-corrected chi connectivity index (χ1v) is 6.93. The van der Waals surface area contributed by atoms with Crippen molar-refractivity contribution >= 4 is 5.91 Å². The zero-order valence-corrected chi connectivity index (χ0v) is 11.4. The van der Waals surface area contributed by atoms with Crippen molar-refractivity contribution in [1.29, 1.82) is 0 Å². The van der Waals surface area contributed by atoms with Crippen molar-refractivity contribution in [2.75, 3.05) is 0 Å². The van der Waals surface area contributed by atoms with Crippen LogP contribution in [0.4, 0.5) is 0 Å². The van der Waals surface area contributed by atoms with Crippen LogP contribution >= 0.6 is 0 Å².